The molecular formula is C28H28N4OS. The lowest BCUT2D eigenvalue weighted by atomic mass is 10.00. The second-order valence-corrected chi connectivity index (χ2v) is 8.88. The van der Waals surface area contributed by atoms with Crippen molar-refractivity contribution >= 4 is 23.0 Å². The molecule has 1 saturated heterocycles. The molecular weight excluding hydrogens is 440 g/mol. The SMILES string of the molecule is CCOc1ccc(-n2cccc2[C@H]2[C@@H](c3ccccn3)NC(=S)N2c2ccc(C)c(C)c2)cc1. The van der Waals surface area contributed by atoms with Gasteiger partial charge in [-0.05, 0) is 105 Å². The van der Waals surface area contributed by atoms with Gasteiger partial charge in [0.25, 0.3) is 0 Å². The highest BCUT2D eigenvalue weighted by atomic mass is 32.1. The minimum atomic E-state index is -0.0911. The quantitative estimate of drug-likeness (QED) is 0.348. The molecule has 5 rings (SSSR count). The van der Waals surface area contributed by atoms with Crippen molar-refractivity contribution in [3.8, 4) is 11.4 Å². The molecule has 3 heterocycles. The molecule has 1 fully saturated rings. The zero-order valence-electron chi connectivity index (χ0n) is 19.6. The Labute approximate surface area is 206 Å². The summed E-state index contributed by atoms with van der Waals surface area (Å²) in [6, 6.07) is 24.8. The van der Waals surface area contributed by atoms with Gasteiger partial charge in [0.1, 0.15) is 11.8 Å². The molecule has 0 radical (unpaired) electrons. The van der Waals surface area contributed by atoms with E-state index in [1.165, 1.54) is 11.1 Å². The maximum Gasteiger partial charge on any atom is 0.174 e. The van der Waals surface area contributed by atoms with Crippen molar-refractivity contribution in [3.05, 3.63) is 108 Å². The van der Waals surface area contributed by atoms with Gasteiger partial charge < -0.3 is 19.5 Å². The lowest BCUT2D eigenvalue weighted by Crippen LogP contribution is -2.30. The van der Waals surface area contributed by atoms with E-state index in [-0.39, 0.29) is 12.1 Å². The Morgan fingerprint density at radius 3 is 2.44 bits per heavy atom. The van der Waals surface area contributed by atoms with Crippen LogP contribution in [-0.2, 0) is 0 Å². The first-order chi connectivity index (χ1) is 16.6. The second-order valence-electron chi connectivity index (χ2n) is 8.50. The molecule has 0 unspecified atom stereocenters. The average Bonchev–Trinajstić information content (AvgIpc) is 3.46. The van der Waals surface area contributed by atoms with Crippen LogP contribution in [0.4, 0.5) is 5.69 Å². The van der Waals surface area contributed by atoms with Crippen molar-refractivity contribution in [2.75, 3.05) is 11.5 Å². The third-order valence-corrected chi connectivity index (χ3v) is 6.69. The van der Waals surface area contributed by atoms with Gasteiger partial charge in [0.2, 0.25) is 0 Å². The lowest BCUT2D eigenvalue weighted by Gasteiger charge is -2.29. The molecule has 6 heteroatoms. The fraction of sp³-hybridized carbons (Fsp3) is 0.214. The summed E-state index contributed by atoms with van der Waals surface area (Å²) in [4.78, 5) is 6.90. The molecule has 0 amide bonds. The second kappa shape index (κ2) is 9.31. The van der Waals surface area contributed by atoms with E-state index in [0.717, 1.165) is 28.5 Å². The summed E-state index contributed by atoms with van der Waals surface area (Å²) in [6.07, 6.45) is 3.93. The monoisotopic (exact) mass is 468 g/mol. The van der Waals surface area contributed by atoms with Crippen LogP contribution in [0.3, 0.4) is 0 Å². The number of hydrogen-bond donors (Lipinski definition) is 1. The molecule has 1 N–H and O–H groups in total. The standard InChI is InChI=1S/C28H28N4OS/c1-4-33-23-14-12-21(13-15-23)31-17-7-9-25(31)27-26(24-8-5-6-16-29-24)30-28(34)32(27)22-11-10-19(2)20(3)18-22/h5-18,26-27H,4H2,1-3H3,(H,30,34)/t26-,27+/m1/s1. The molecule has 2 aromatic carbocycles. The Morgan fingerprint density at radius 2 is 1.74 bits per heavy atom. The van der Waals surface area contributed by atoms with Gasteiger partial charge in [-0.1, -0.05) is 12.1 Å². The number of nitrogens with zero attached hydrogens (tertiary/aromatic N) is 3. The first-order valence-electron chi connectivity index (χ1n) is 11.5. The number of pyridine rings is 1. The van der Waals surface area contributed by atoms with E-state index in [0.29, 0.717) is 11.7 Å². The number of rotatable bonds is 6. The van der Waals surface area contributed by atoms with Crippen molar-refractivity contribution in [2.45, 2.75) is 32.9 Å². The predicted octanol–water partition coefficient (Wildman–Crippen LogP) is 6.06. The van der Waals surface area contributed by atoms with E-state index in [4.69, 9.17) is 17.0 Å². The van der Waals surface area contributed by atoms with Crippen LogP contribution in [0.1, 0.15) is 41.5 Å². The van der Waals surface area contributed by atoms with Crippen LogP contribution in [0.25, 0.3) is 5.69 Å². The first-order valence-corrected chi connectivity index (χ1v) is 12.0. The van der Waals surface area contributed by atoms with Crippen LogP contribution < -0.4 is 15.0 Å². The summed E-state index contributed by atoms with van der Waals surface area (Å²) in [5, 5.41) is 4.25. The van der Waals surface area contributed by atoms with Crippen LogP contribution >= 0.6 is 12.2 Å². The predicted molar refractivity (Wildman–Crippen MR) is 141 cm³/mol. The van der Waals surface area contributed by atoms with E-state index >= 15 is 0 Å². The highest BCUT2D eigenvalue weighted by molar-refractivity contribution is 7.80. The molecule has 0 bridgehead atoms. The molecule has 34 heavy (non-hydrogen) atoms. The third-order valence-electron chi connectivity index (χ3n) is 6.38. The number of hydrogen-bond acceptors (Lipinski definition) is 3. The summed E-state index contributed by atoms with van der Waals surface area (Å²) < 4.78 is 7.86. The summed E-state index contributed by atoms with van der Waals surface area (Å²) in [6.45, 7) is 6.91. The van der Waals surface area contributed by atoms with Crippen LogP contribution in [0.5, 0.6) is 5.75 Å². The highest BCUT2D eigenvalue weighted by Gasteiger charge is 2.42. The molecule has 0 aliphatic carbocycles. The van der Waals surface area contributed by atoms with Crippen LogP contribution in [-0.4, -0.2) is 21.3 Å². The van der Waals surface area contributed by atoms with Gasteiger partial charge in [0.15, 0.2) is 5.11 Å². The van der Waals surface area contributed by atoms with E-state index in [2.05, 4.69) is 88.3 Å². The maximum atomic E-state index is 5.89. The summed E-state index contributed by atoms with van der Waals surface area (Å²) >= 11 is 5.89. The highest BCUT2D eigenvalue weighted by Crippen LogP contribution is 2.42. The van der Waals surface area contributed by atoms with Gasteiger partial charge in [-0.2, -0.15) is 0 Å². The van der Waals surface area contributed by atoms with E-state index < -0.39 is 0 Å². The van der Waals surface area contributed by atoms with E-state index in [1.807, 2.05) is 37.4 Å². The molecule has 1 aliphatic heterocycles. The van der Waals surface area contributed by atoms with Crippen molar-refractivity contribution < 1.29 is 4.74 Å². The van der Waals surface area contributed by atoms with E-state index in [1.54, 1.807) is 0 Å². The van der Waals surface area contributed by atoms with Crippen molar-refractivity contribution in [1.82, 2.24) is 14.9 Å². The average molecular weight is 469 g/mol. The Hall–Kier alpha value is -3.64. The van der Waals surface area contributed by atoms with Gasteiger partial charge in [0.05, 0.1) is 18.3 Å². The number of anilines is 1. The molecule has 2 atom stereocenters. The minimum absolute atomic E-state index is 0.0777. The fourth-order valence-electron chi connectivity index (χ4n) is 4.55. The summed E-state index contributed by atoms with van der Waals surface area (Å²) in [5.74, 6) is 0.867. The fourth-order valence-corrected chi connectivity index (χ4v) is 4.89. The van der Waals surface area contributed by atoms with Crippen molar-refractivity contribution in [2.24, 2.45) is 0 Å². The van der Waals surface area contributed by atoms with Crippen LogP contribution in [0.2, 0.25) is 0 Å². The van der Waals surface area contributed by atoms with Gasteiger partial charge in [-0.25, -0.2) is 0 Å². The number of thiocarbonyl (C=S) groups is 1. The summed E-state index contributed by atoms with van der Waals surface area (Å²) in [7, 11) is 0. The Morgan fingerprint density at radius 1 is 0.941 bits per heavy atom. The van der Waals surface area contributed by atoms with Gasteiger partial charge in [-0.3, -0.25) is 4.98 Å². The van der Waals surface area contributed by atoms with E-state index in [9.17, 15) is 0 Å². The molecule has 0 spiro atoms. The number of benzene rings is 2. The van der Waals surface area contributed by atoms with Gasteiger partial charge in [0, 0.05) is 29.5 Å². The van der Waals surface area contributed by atoms with Crippen LogP contribution in [0, 0.1) is 13.8 Å². The molecule has 2 aromatic heterocycles. The molecule has 4 aromatic rings. The number of nitrogens with one attached hydrogen (secondary N) is 1. The Balaban J connectivity index is 1.62. The smallest absolute Gasteiger partial charge is 0.174 e. The van der Waals surface area contributed by atoms with Crippen molar-refractivity contribution in [1.29, 1.82) is 0 Å². The third kappa shape index (κ3) is 4.05. The largest absolute Gasteiger partial charge is 0.494 e. The number of ether oxygens (including phenoxy) is 1. The Kier molecular flexibility index (Phi) is 6.07. The topological polar surface area (TPSA) is 42.3 Å². The molecule has 0 saturated carbocycles. The van der Waals surface area contributed by atoms with Gasteiger partial charge in [-0.15, -0.1) is 0 Å². The Bertz CT molecular complexity index is 1300. The normalized spacial score (nSPS) is 17.6. The lowest BCUT2D eigenvalue weighted by molar-refractivity contribution is 0.340. The maximum absolute atomic E-state index is 5.89. The molecule has 1 aliphatic rings. The molecule has 172 valence electrons. The van der Waals surface area contributed by atoms with Crippen molar-refractivity contribution in [3.63, 3.8) is 0 Å². The summed E-state index contributed by atoms with van der Waals surface area (Å²) in [5.41, 5.74) is 6.73. The van der Waals surface area contributed by atoms with Gasteiger partial charge >= 0.3 is 0 Å². The molecule has 5 nitrogen and oxygen atoms in total. The number of aryl methyl sites for hydroxylation is 2. The minimum Gasteiger partial charge on any atom is -0.494 e. The zero-order chi connectivity index (χ0) is 23.7. The first kappa shape index (κ1) is 22.2. The van der Waals surface area contributed by atoms with Crippen LogP contribution in [0.15, 0.2) is 85.2 Å². The number of aromatic nitrogens is 2. The zero-order valence-corrected chi connectivity index (χ0v) is 20.4.